The first kappa shape index (κ1) is 16.6. The van der Waals surface area contributed by atoms with Crippen LogP contribution in [0.5, 0.6) is 0 Å². The van der Waals surface area contributed by atoms with Gasteiger partial charge in [-0.3, -0.25) is 0 Å². The summed E-state index contributed by atoms with van der Waals surface area (Å²) in [5, 5.41) is 0. The van der Waals surface area contributed by atoms with Crippen LogP contribution in [0.3, 0.4) is 0 Å². The Morgan fingerprint density at radius 2 is 1.60 bits per heavy atom. The van der Waals surface area contributed by atoms with Gasteiger partial charge in [-0.05, 0) is 96.7 Å². The van der Waals surface area contributed by atoms with Crippen molar-refractivity contribution in [3.63, 3.8) is 0 Å². The molecule has 0 bridgehead atoms. The van der Waals surface area contributed by atoms with Gasteiger partial charge in [0.2, 0.25) is 0 Å². The van der Waals surface area contributed by atoms with Crippen LogP contribution >= 0.6 is 0 Å². The second kappa shape index (κ2) is 7.15. The van der Waals surface area contributed by atoms with Crippen LogP contribution in [0.2, 0.25) is 0 Å². The summed E-state index contributed by atoms with van der Waals surface area (Å²) in [5.41, 5.74) is 7.68. The van der Waals surface area contributed by atoms with Crippen molar-refractivity contribution >= 4 is 0 Å². The lowest BCUT2D eigenvalue weighted by molar-refractivity contribution is 0.533. The minimum Gasteiger partial charge on any atom is -0.207 e. The first-order valence-electron chi connectivity index (χ1n) is 9.79. The van der Waals surface area contributed by atoms with E-state index in [1.807, 2.05) is 12.1 Å². The Morgan fingerprint density at radius 1 is 0.920 bits per heavy atom. The molecule has 1 heteroatoms. The van der Waals surface area contributed by atoms with E-state index in [1.165, 1.54) is 43.2 Å². The number of hydrogen-bond acceptors (Lipinski definition) is 0. The summed E-state index contributed by atoms with van der Waals surface area (Å²) < 4.78 is 13.2. The third-order valence-electron chi connectivity index (χ3n) is 6.07. The molecule has 2 unspecified atom stereocenters. The van der Waals surface area contributed by atoms with Gasteiger partial charge >= 0.3 is 0 Å². The molecule has 0 aliphatic heterocycles. The number of halogens is 1. The van der Waals surface area contributed by atoms with Gasteiger partial charge in [0, 0.05) is 0 Å². The molecule has 0 fully saturated rings. The molecule has 4 rings (SSSR count). The van der Waals surface area contributed by atoms with E-state index in [4.69, 9.17) is 0 Å². The van der Waals surface area contributed by atoms with E-state index in [0.29, 0.717) is 5.92 Å². The van der Waals surface area contributed by atoms with Crippen molar-refractivity contribution in [1.29, 1.82) is 0 Å². The number of rotatable bonds is 3. The van der Waals surface area contributed by atoms with Gasteiger partial charge in [0.05, 0.1) is 0 Å². The van der Waals surface area contributed by atoms with Crippen LogP contribution in [0.1, 0.15) is 59.9 Å². The minimum atomic E-state index is -0.138. The molecular weight excluding hydrogens is 307 g/mol. The molecule has 0 N–H and O–H groups in total. The minimum absolute atomic E-state index is 0.138. The maximum atomic E-state index is 13.2. The molecule has 0 heterocycles. The van der Waals surface area contributed by atoms with Crippen molar-refractivity contribution < 1.29 is 4.39 Å². The summed E-state index contributed by atoms with van der Waals surface area (Å²) in [6.45, 7) is 2.21. The molecule has 0 spiro atoms. The normalized spacial score (nSPS) is 22.6. The monoisotopic (exact) mass is 334 g/mol. The molecule has 130 valence electrons. The highest BCUT2D eigenvalue weighted by Gasteiger charge is 2.26. The lowest BCUT2D eigenvalue weighted by Crippen LogP contribution is -2.20. The smallest absolute Gasteiger partial charge is 0.123 e. The van der Waals surface area contributed by atoms with E-state index in [-0.39, 0.29) is 5.82 Å². The molecule has 25 heavy (non-hydrogen) atoms. The van der Waals surface area contributed by atoms with Crippen molar-refractivity contribution in [2.45, 2.75) is 57.8 Å². The Kier molecular flexibility index (Phi) is 4.74. The Morgan fingerprint density at radius 3 is 2.32 bits per heavy atom. The van der Waals surface area contributed by atoms with Crippen LogP contribution < -0.4 is 0 Å². The highest BCUT2D eigenvalue weighted by Crippen LogP contribution is 2.38. The zero-order chi connectivity index (χ0) is 17.2. The van der Waals surface area contributed by atoms with E-state index in [0.717, 1.165) is 18.8 Å². The van der Waals surface area contributed by atoms with E-state index < -0.39 is 0 Å². The predicted octanol–water partition coefficient (Wildman–Crippen LogP) is 6.17. The lowest BCUT2D eigenvalue weighted by Gasteiger charge is -2.31. The molecule has 0 nitrogen and oxygen atoms in total. The van der Waals surface area contributed by atoms with Crippen LogP contribution in [0.15, 0.2) is 48.6 Å². The van der Waals surface area contributed by atoms with Crippen LogP contribution in [0, 0.1) is 11.7 Å². The molecule has 0 radical (unpaired) electrons. The number of fused-ring (bicyclic) bond motifs is 3. The van der Waals surface area contributed by atoms with Crippen LogP contribution in [0.25, 0.3) is 0 Å². The molecule has 2 aromatic carbocycles. The Balaban J connectivity index is 1.55. The number of benzene rings is 2. The Bertz CT molecular complexity index is 769. The molecule has 2 aliphatic rings. The maximum Gasteiger partial charge on any atom is 0.123 e. The highest BCUT2D eigenvalue weighted by molar-refractivity contribution is 5.45. The standard InChI is InChI=1S/C24H27F/c1-2-3-4-17-5-13-23-20(15-17)6-7-21-16-19(10-14-24(21)23)18-8-11-22(25)12-9-18/h3-4,6-9,11-12,17,19H,2,5,10,13-16H2,1H3. The molecule has 0 saturated heterocycles. The van der Waals surface area contributed by atoms with E-state index >= 15 is 0 Å². The van der Waals surface area contributed by atoms with Gasteiger partial charge < -0.3 is 0 Å². The lowest BCUT2D eigenvalue weighted by atomic mass is 9.74. The number of allylic oxidation sites excluding steroid dienone is 2. The summed E-state index contributed by atoms with van der Waals surface area (Å²) in [6, 6.07) is 11.9. The summed E-state index contributed by atoms with van der Waals surface area (Å²) in [4.78, 5) is 0. The zero-order valence-corrected chi connectivity index (χ0v) is 15.1. The molecule has 2 aromatic rings. The van der Waals surface area contributed by atoms with Gasteiger partial charge in [0.1, 0.15) is 5.82 Å². The van der Waals surface area contributed by atoms with E-state index in [2.05, 4.69) is 31.2 Å². The second-order valence-electron chi connectivity index (χ2n) is 7.67. The molecule has 0 amide bonds. The van der Waals surface area contributed by atoms with Crippen molar-refractivity contribution in [2.24, 2.45) is 5.92 Å². The van der Waals surface area contributed by atoms with Gasteiger partial charge in [0.25, 0.3) is 0 Å². The van der Waals surface area contributed by atoms with E-state index in [9.17, 15) is 4.39 Å². The topological polar surface area (TPSA) is 0 Å². The van der Waals surface area contributed by atoms with E-state index in [1.54, 1.807) is 28.8 Å². The third kappa shape index (κ3) is 3.42. The first-order valence-corrected chi connectivity index (χ1v) is 9.79. The van der Waals surface area contributed by atoms with Crippen LogP contribution in [-0.2, 0) is 25.7 Å². The second-order valence-corrected chi connectivity index (χ2v) is 7.67. The van der Waals surface area contributed by atoms with Crippen molar-refractivity contribution in [3.05, 3.63) is 82.2 Å². The summed E-state index contributed by atoms with van der Waals surface area (Å²) in [7, 11) is 0. The average molecular weight is 334 g/mol. The quantitative estimate of drug-likeness (QED) is 0.589. The fourth-order valence-electron chi connectivity index (χ4n) is 4.71. The SMILES string of the molecule is CCC=CC1CCc2c(ccc3c2CCC(c2ccc(F)cc2)C3)C1. The van der Waals surface area contributed by atoms with Gasteiger partial charge in [-0.25, -0.2) is 4.39 Å². The molecular formula is C24H27F. The Hall–Kier alpha value is -1.89. The van der Waals surface area contributed by atoms with Crippen molar-refractivity contribution in [2.75, 3.05) is 0 Å². The maximum absolute atomic E-state index is 13.2. The van der Waals surface area contributed by atoms with Crippen molar-refractivity contribution in [1.82, 2.24) is 0 Å². The zero-order valence-electron chi connectivity index (χ0n) is 15.1. The van der Waals surface area contributed by atoms with Crippen LogP contribution in [-0.4, -0.2) is 0 Å². The van der Waals surface area contributed by atoms with Crippen LogP contribution in [0.4, 0.5) is 4.39 Å². The Labute approximate surface area is 150 Å². The predicted molar refractivity (Wildman–Crippen MR) is 103 cm³/mol. The fourth-order valence-corrected chi connectivity index (χ4v) is 4.71. The molecule has 2 aliphatic carbocycles. The first-order chi connectivity index (χ1) is 12.2. The van der Waals surface area contributed by atoms with Gasteiger partial charge in [0.15, 0.2) is 0 Å². The number of hydrogen-bond donors (Lipinski definition) is 0. The van der Waals surface area contributed by atoms with Gasteiger partial charge in [-0.2, -0.15) is 0 Å². The molecule has 0 aromatic heterocycles. The largest absolute Gasteiger partial charge is 0.207 e. The van der Waals surface area contributed by atoms with Gasteiger partial charge in [-0.15, -0.1) is 0 Å². The third-order valence-corrected chi connectivity index (χ3v) is 6.07. The fraction of sp³-hybridized carbons (Fsp3) is 0.417. The summed E-state index contributed by atoms with van der Waals surface area (Å²) >= 11 is 0. The summed E-state index contributed by atoms with van der Waals surface area (Å²) in [6.07, 6.45) is 13.1. The highest BCUT2D eigenvalue weighted by atomic mass is 19.1. The average Bonchev–Trinajstić information content (AvgIpc) is 2.66. The summed E-state index contributed by atoms with van der Waals surface area (Å²) in [5.74, 6) is 1.12. The molecule has 2 atom stereocenters. The van der Waals surface area contributed by atoms with Gasteiger partial charge in [-0.1, -0.05) is 43.3 Å². The molecule has 0 saturated carbocycles. The van der Waals surface area contributed by atoms with Crippen molar-refractivity contribution in [3.8, 4) is 0 Å².